The highest BCUT2D eigenvalue weighted by Crippen LogP contribution is 2.36. The normalized spacial score (nSPS) is 21.9. The highest BCUT2D eigenvalue weighted by Gasteiger charge is 2.41. The number of hydrogen-bond donors (Lipinski definition) is 2. The van der Waals surface area contributed by atoms with E-state index in [4.69, 9.17) is 0 Å². The second-order valence-electron chi connectivity index (χ2n) is 8.99. The number of aliphatic hydroxyl groups is 1. The summed E-state index contributed by atoms with van der Waals surface area (Å²) in [5.41, 5.74) is -0.0461. The molecule has 10 heteroatoms. The zero-order valence-corrected chi connectivity index (χ0v) is 17.8. The molecule has 1 unspecified atom stereocenters. The van der Waals surface area contributed by atoms with Crippen LogP contribution in [0.2, 0.25) is 0 Å². The Hall–Kier alpha value is -2.85. The third kappa shape index (κ3) is 4.00. The molecule has 1 saturated heterocycles. The van der Waals surface area contributed by atoms with Crippen LogP contribution < -0.4 is 5.32 Å². The van der Waals surface area contributed by atoms with Crippen molar-refractivity contribution in [2.45, 2.75) is 50.4 Å². The zero-order valence-electron chi connectivity index (χ0n) is 17.8. The van der Waals surface area contributed by atoms with Crippen molar-refractivity contribution in [3.63, 3.8) is 0 Å². The van der Waals surface area contributed by atoms with Gasteiger partial charge in [-0.15, -0.1) is 10.2 Å². The van der Waals surface area contributed by atoms with Gasteiger partial charge in [0, 0.05) is 39.3 Å². The van der Waals surface area contributed by atoms with E-state index in [-0.39, 0.29) is 42.5 Å². The molecule has 0 radical (unpaired) electrons. The van der Waals surface area contributed by atoms with Crippen molar-refractivity contribution in [1.82, 2.24) is 29.9 Å². The van der Waals surface area contributed by atoms with E-state index in [1.807, 2.05) is 4.57 Å². The summed E-state index contributed by atoms with van der Waals surface area (Å²) in [6.45, 7) is 3.45. The number of rotatable bonds is 5. The van der Waals surface area contributed by atoms with Crippen LogP contribution in [-0.2, 0) is 17.9 Å². The first kappa shape index (κ1) is 21.0. The smallest absolute Gasteiger partial charge is 0.289 e. The largest absolute Gasteiger partial charge is 0.389 e. The Morgan fingerprint density at radius 2 is 1.88 bits per heavy atom. The highest BCUT2D eigenvalue weighted by molar-refractivity contribution is 5.90. The molecule has 1 saturated carbocycles. The van der Waals surface area contributed by atoms with Crippen LogP contribution in [0.15, 0.2) is 24.3 Å². The summed E-state index contributed by atoms with van der Waals surface area (Å²) in [6.07, 6.45) is 2.51. The molecule has 1 aromatic carbocycles. The molecule has 170 valence electrons. The van der Waals surface area contributed by atoms with Gasteiger partial charge in [0.05, 0.1) is 18.1 Å². The Morgan fingerprint density at radius 3 is 2.59 bits per heavy atom. The average molecular weight is 442 g/mol. The predicted molar refractivity (Wildman–Crippen MR) is 112 cm³/mol. The molecular formula is C22H27FN6O3. The summed E-state index contributed by atoms with van der Waals surface area (Å²) < 4.78 is 14.9. The monoisotopic (exact) mass is 442 g/mol. The number of benzene rings is 1. The number of carbonyl (C=O) groups is 2. The molecule has 2 N–H and O–H groups in total. The molecule has 2 fully saturated rings. The van der Waals surface area contributed by atoms with Gasteiger partial charge in [-0.1, -0.05) is 12.1 Å². The van der Waals surface area contributed by atoms with Crippen molar-refractivity contribution < 1.29 is 19.1 Å². The Kier molecular flexibility index (Phi) is 5.42. The van der Waals surface area contributed by atoms with Gasteiger partial charge in [-0.2, -0.15) is 0 Å². The number of halogens is 1. The number of piperazine rings is 1. The summed E-state index contributed by atoms with van der Waals surface area (Å²) >= 11 is 0. The second kappa shape index (κ2) is 8.25. The van der Waals surface area contributed by atoms with Gasteiger partial charge in [0.15, 0.2) is 5.82 Å². The Morgan fingerprint density at radius 1 is 1.12 bits per heavy atom. The maximum Gasteiger partial charge on any atom is 0.289 e. The van der Waals surface area contributed by atoms with Crippen LogP contribution in [0.5, 0.6) is 0 Å². The molecule has 2 aliphatic heterocycles. The molecule has 5 rings (SSSR count). The topological polar surface area (TPSA) is 104 Å². The van der Waals surface area contributed by atoms with Gasteiger partial charge >= 0.3 is 0 Å². The molecule has 0 bridgehead atoms. The van der Waals surface area contributed by atoms with Gasteiger partial charge in [-0.3, -0.25) is 14.5 Å². The Labute approximate surface area is 185 Å². The summed E-state index contributed by atoms with van der Waals surface area (Å²) in [6, 6.07) is 5.84. The van der Waals surface area contributed by atoms with E-state index >= 15 is 0 Å². The SMILES string of the molecule is O=C(NCc1ccc(F)cc1)c1nnc2n1CCN1CCN(C(=O)CC3(O)CCC3)CC21. The third-order valence-corrected chi connectivity index (χ3v) is 6.87. The molecule has 1 aromatic heterocycles. The minimum Gasteiger partial charge on any atom is -0.389 e. The number of fused-ring (bicyclic) bond motifs is 3. The van der Waals surface area contributed by atoms with Crippen molar-refractivity contribution >= 4 is 11.8 Å². The van der Waals surface area contributed by atoms with Gasteiger partial charge in [0.2, 0.25) is 11.7 Å². The average Bonchev–Trinajstić information content (AvgIpc) is 3.22. The molecular weight excluding hydrogens is 415 g/mol. The molecule has 1 atom stereocenters. The van der Waals surface area contributed by atoms with Crippen LogP contribution in [0.4, 0.5) is 4.39 Å². The van der Waals surface area contributed by atoms with E-state index in [9.17, 15) is 19.1 Å². The maximum atomic E-state index is 13.1. The van der Waals surface area contributed by atoms with Crippen LogP contribution in [0.3, 0.4) is 0 Å². The van der Waals surface area contributed by atoms with Crippen LogP contribution >= 0.6 is 0 Å². The quantitative estimate of drug-likeness (QED) is 0.712. The molecule has 3 heterocycles. The fraction of sp³-hybridized carbons (Fsp3) is 0.545. The fourth-order valence-electron chi connectivity index (χ4n) is 4.76. The van der Waals surface area contributed by atoms with Gasteiger partial charge in [0.1, 0.15) is 5.82 Å². The van der Waals surface area contributed by atoms with Crippen molar-refractivity contribution in [3.05, 3.63) is 47.3 Å². The van der Waals surface area contributed by atoms with Crippen molar-refractivity contribution in [3.8, 4) is 0 Å². The lowest BCUT2D eigenvalue weighted by atomic mass is 9.77. The molecule has 2 aromatic rings. The molecule has 1 aliphatic carbocycles. The molecule has 2 amide bonds. The molecule has 9 nitrogen and oxygen atoms in total. The summed E-state index contributed by atoms with van der Waals surface area (Å²) in [4.78, 5) is 29.6. The first-order valence-electron chi connectivity index (χ1n) is 11.1. The summed E-state index contributed by atoms with van der Waals surface area (Å²) in [7, 11) is 0. The van der Waals surface area contributed by atoms with Crippen molar-refractivity contribution in [2.75, 3.05) is 26.2 Å². The molecule has 3 aliphatic rings. The number of carbonyl (C=O) groups excluding carboxylic acids is 2. The minimum atomic E-state index is -0.837. The van der Waals surface area contributed by atoms with E-state index in [0.717, 1.165) is 25.1 Å². The van der Waals surface area contributed by atoms with Crippen LogP contribution in [-0.4, -0.2) is 73.3 Å². The first-order chi connectivity index (χ1) is 15.4. The standard InChI is InChI=1S/C22H27FN6O3/c23-16-4-2-15(3-5-16)13-24-21(31)20-26-25-19-17-14-28(9-8-27(17)10-11-29(19)20)18(30)12-22(32)6-1-7-22/h2-5,17,32H,1,6-14H2,(H,24,31). The van der Waals surface area contributed by atoms with Gasteiger partial charge in [0.25, 0.3) is 5.91 Å². The van der Waals surface area contributed by atoms with Crippen LogP contribution in [0.25, 0.3) is 0 Å². The van der Waals surface area contributed by atoms with Crippen molar-refractivity contribution in [1.29, 1.82) is 0 Å². The maximum absolute atomic E-state index is 13.1. The molecule has 32 heavy (non-hydrogen) atoms. The Balaban J connectivity index is 1.26. The van der Waals surface area contributed by atoms with E-state index in [2.05, 4.69) is 20.4 Å². The van der Waals surface area contributed by atoms with Gasteiger partial charge in [-0.05, 0) is 37.0 Å². The predicted octanol–water partition coefficient (Wildman–Crippen LogP) is 0.851. The van der Waals surface area contributed by atoms with Crippen LogP contribution in [0.1, 0.15) is 53.7 Å². The number of amides is 2. The lowest BCUT2D eigenvalue weighted by Gasteiger charge is -2.44. The molecule has 0 spiro atoms. The zero-order chi connectivity index (χ0) is 22.3. The minimum absolute atomic E-state index is 0.0271. The highest BCUT2D eigenvalue weighted by atomic mass is 19.1. The summed E-state index contributed by atoms with van der Waals surface area (Å²) in [5.74, 6) is 0.244. The lowest BCUT2D eigenvalue weighted by Crippen LogP contribution is -2.55. The van der Waals surface area contributed by atoms with E-state index in [1.165, 1.54) is 12.1 Å². The van der Waals surface area contributed by atoms with E-state index < -0.39 is 5.60 Å². The fourth-order valence-corrected chi connectivity index (χ4v) is 4.76. The summed E-state index contributed by atoms with van der Waals surface area (Å²) in [5, 5.41) is 21.6. The second-order valence-corrected chi connectivity index (χ2v) is 8.99. The third-order valence-electron chi connectivity index (χ3n) is 6.87. The first-order valence-corrected chi connectivity index (χ1v) is 11.1. The number of hydrogen-bond acceptors (Lipinski definition) is 6. The number of aromatic nitrogens is 3. The number of nitrogens with zero attached hydrogens (tertiary/aromatic N) is 5. The van der Waals surface area contributed by atoms with Crippen LogP contribution in [0, 0.1) is 5.82 Å². The van der Waals surface area contributed by atoms with E-state index in [0.29, 0.717) is 38.3 Å². The lowest BCUT2D eigenvalue weighted by molar-refractivity contribution is -0.143. The van der Waals surface area contributed by atoms with E-state index in [1.54, 1.807) is 17.0 Å². The van der Waals surface area contributed by atoms with Gasteiger partial charge < -0.3 is 19.9 Å². The van der Waals surface area contributed by atoms with Crippen molar-refractivity contribution in [2.24, 2.45) is 0 Å². The Bertz CT molecular complexity index is 1020. The van der Waals surface area contributed by atoms with Gasteiger partial charge in [-0.25, -0.2) is 4.39 Å². The number of nitrogens with one attached hydrogen (secondary N) is 1.